The van der Waals surface area contributed by atoms with E-state index in [-0.39, 0.29) is 12.3 Å². The smallest absolute Gasteiger partial charge is 0.325 e. The number of ether oxygens (including phenoxy) is 1. The maximum atomic E-state index is 12.7. The van der Waals surface area contributed by atoms with E-state index in [1.807, 2.05) is 26.0 Å². The number of aryl methyl sites for hydroxylation is 2. The number of amides is 2. The van der Waals surface area contributed by atoms with Gasteiger partial charge in [0.15, 0.2) is 12.4 Å². The van der Waals surface area contributed by atoms with E-state index in [0.717, 1.165) is 11.1 Å². The van der Waals surface area contributed by atoms with Gasteiger partial charge in [-0.15, -0.1) is 0 Å². The monoisotopic (exact) mass is 444 g/mol. The normalized spacial score (nSPS) is 10.2. The van der Waals surface area contributed by atoms with E-state index >= 15 is 0 Å². The first kappa shape index (κ1) is 23.4. The summed E-state index contributed by atoms with van der Waals surface area (Å²) in [6.45, 7) is 2.83. The molecule has 2 N–H and O–H groups in total. The van der Waals surface area contributed by atoms with Crippen molar-refractivity contribution in [1.82, 2.24) is 5.32 Å². The number of benzene rings is 3. The van der Waals surface area contributed by atoms with Crippen LogP contribution in [0.25, 0.3) is 0 Å². The molecule has 0 aromatic heterocycles. The van der Waals surface area contributed by atoms with Gasteiger partial charge in [-0.05, 0) is 38.1 Å². The van der Waals surface area contributed by atoms with Crippen LogP contribution in [0.4, 0.5) is 5.69 Å². The molecule has 3 rings (SSSR count). The van der Waals surface area contributed by atoms with Gasteiger partial charge >= 0.3 is 5.97 Å². The maximum Gasteiger partial charge on any atom is 0.325 e. The van der Waals surface area contributed by atoms with E-state index < -0.39 is 24.4 Å². The first-order valence-corrected chi connectivity index (χ1v) is 10.3. The van der Waals surface area contributed by atoms with Gasteiger partial charge < -0.3 is 15.4 Å². The summed E-state index contributed by atoms with van der Waals surface area (Å²) < 4.78 is 4.94. The zero-order chi connectivity index (χ0) is 23.8. The van der Waals surface area contributed by atoms with Gasteiger partial charge in [0.25, 0.3) is 11.8 Å². The fourth-order valence-corrected chi connectivity index (χ4v) is 3.28. The average molecular weight is 444 g/mol. The van der Waals surface area contributed by atoms with Crippen LogP contribution in [0, 0.1) is 13.8 Å². The lowest BCUT2D eigenvalue weighted by Crippen LogP contribution is -2.32. The molecule has 168 valence electrons. The summed E-state index contributed by atoms with van der Waals surface area (Å²) >= 11 is 0. The third kappa shape index (κ3) is 6.61. The van der Waals surface area contributed by atoms with Crippen LogP contribution in [-0.4, -0.2) is 36.7 Å². The highest BCUT2D eigenvalue weighted by Crippen LogP contribution is 2.19. The Labute approximate surface area is 191 Å². The molecule has 0 aliphatic heterocycles. The Morgan fingerprint density at radius 3 is 2.12 bits per heavy atom. The van der Waals surface area contributed by atoms with Gasteiger partial charge in [-0.1, -0.05) is 59.7 Å². The third-order valence-electron chi connectivity index (χ3n) is 4.72. The molecule has 0 fully saturated rings. The first-order valence-electron chi connectivity index (χ1n) is 10.3. The number of anilines is 1. The fourth-order valence-electron chi connectivity index (χ4n) is 3.28. The fraction of sp³-hybridized carbons (Fsp3) is 0.154. The van der Waals surface area contributed by atoms with Gasteiger partial charge in [0.1, 0.15) is 6.54 Å². The summed E-state index contributed by atoms with van der Waals surface area (Å²) in [4.78, 5) is 49.2. The Bertz CT molecular complexity index is 1170. The summed E-state index contributed by atoms with van der Waals surface area (Å²) in [7, 11) is 0. The van der Waals surface area contributed by atoms with Crippen LogP contribution in [0.3, 0.4) is 0 Å². The summed E-state index contributed by atoms with van der Waals surface area (Å²) in [5, 5.41) is 5.07. The van der Waals surface area contributed by atoms with Crippen molar-refractivity contribution in [3.63, 3.8) is 0 Å². The second kappa shape index (κ2) is 10.9. The van der Waals surface area contributed by atoms with Crippen LogP contribution in [0.1, 0.15) is 37.4 Å². The molecule has 0 atom stereocenters. The van der Waals surface area contributed by atoms with Crippen LogP contribution < -0.4 is 10.6 Å². The molecule has 3 aromatic rings. The van der Waals surface area contributed by atoms with Crippen molar-refractivity contribution in [2.45, 2.75) is 13.8 Å². The Morgan fingerprint density at radius 1 is 0.788 bits per heavy atom. The highest BCUT2D eigenvalue weighted by molar-refractivity contribution is 6.13. The summed E-state index contributed by atoms with van der Waals surface area (Å²) in [5.41, 5.74) is 3.44. The highest BCUT2D eigenvalue weighted by Gasteiger charge is 2.16. The quantitative estimate of drug-likeness (QED) is 0.409. The van der Waals surface area contributed by atoms with Crippen LogP contribution in [0.15, 0.2) is 72.8 Å². The van der Waals surface area contributed by atoms with Crippen molar-refractivity contribution in [3.05, 3.63) is 101 Å². The number of hydrogen-bond acceptors (Lipinski definition) is 5. The van der Waals surface area contributed by atoms with Gasteiger partial charge in [-0.25, -0.2) is 0 Å². The van der Waals surface area contributed by atoms with E-state index in [2.05, 4.69) is 10.6 Å². The molecule has 2 amide bonds. The van der Waals surface area contributed by atoms with Gasteiger partial charge in [-0.3, -0.25) is 19.2 Å². The van der Waals surface area contributed by atoms with Crippen molar-refractivity contribution in [2.24, 2.45) is 0 Å². The van der Waals surface area contributed by atoms with Crippen molar-refractivity contribution in [3.8, 4) is 0 Å². The molecule has 7 heteroatoms. The van der Waals surface area contributed by atoms with Gasteiger partial charge in [-0.2, -0.15) is 0 Å². The van der Waals surface area contributed by atoms with Crippen molar-refractivity contribution < 1.29 is 23.9 Å². The first-order chi connectivity index (χ1) is 15.8. The standard InChI is InChI=1S/C26H24N2O5/c1-17-12-18(2)14-20(13-17)26(32)27-15-24(30)33-16-23(29)28-22-11-7-6-10-21(22)25(31)19-8-4-3-5-9-19/h3-14H,15-16H2,1-2H3,(H,27,32)(H,28,29). The van der Waals surface area contributed by atoms with E-state index in [1.54, 1.807) is 60.7 Å². The minimum absolute atomic E-state index is 0.238. The SMILES string of the molecule is Cc1cc(C)cc(C(=O)NCC(=O)OCC(=O)Nc2ccccc2C(=O)c2ccccc2)c1. The van der Waals surface area contributed by atoms with E-state index in [0.29, 0.717) is 22.4 Å². The summed E-state index contributed by atoms with van der Waals surface area (Å²) in [6, 6.07) is 20.7. The Morgan fingerprint density at radius 2 is 1.42 bits per heavy atom. The van der Waals surface area contributed by atoms with Crippen molar-refractivity contribution in [2.75, 3.05) is 18.5 Å². The summed E-state index contributed by atoms with van der Waals surface area (Å²) in [5.74, 6) is -2.00. The molecular formula is C26H24N2O5. The molecule has 0 heterocycles. The molecular weight excluding hydrogens is 420 g/mol. The van der Waals surface area contributed by atoms with Crippen molar-refractivity contribution >= 4 is 29.3 Å². The molecule has 7 nitrogen and oxygen atoms in total. The number of ketones is 1. The topological polar surface area (TPSA) is 102 Å². The number of para-hydroxylation sites is 1. The Kier molecular flexibility index (Phi) is 7.70. The molecule has 0 saturated carbocycles. The number of carbonyl (C=O) groups is 4. The zero-order valence-corrected chi connectivity index (χ0v) is 18.4. The number of carbonyl (C=O) groups excluding carboxylic acids is 4. The van der Waals surface area contributed by atoms with E-state index in [4.69, 9.17) is 4.74 Å². The molecule has 0 aliphatic carbocycles. The number of esters is 1. The molecule has 0 unspecified atom stereocenters. The molecule has 0 aliphatic rings. The number of rotatable bonds is 8. The predicted molar refractivity (Wildman–Crippen MR) is 124 cm³/mol. The Hall–Kier alpha value is -4.26. The molecule has 33 heavy (non-hydrogen) atoms. The second-order valence-electron chi connectivity index (χ2n) is 7.51. The molecule has 0 bridgehead atoms. The van der Waals surface area contributed by atoms with Crippen LogP contribution in [-0.2, 0) is 14.3 Å². The molecule has 0 spiro atoms. The Balaban J connectivity index is 1.52. The molecule has 0 saturated heterocycles. The van der Waals surface area contributed by atoms with Crippen molar-refractivity contribution in [1.29, 1.82) is 0 Å². The van der Waals surface area contributed by atoms with Gasteiger partial charge in [0.05, 0.1) is 5.69 Å². The largest absolute Gasteiger partial charge is 0.454 e. The van der Waals surface area contributed by atoms with Crippen LogP contribution in [0.5, 0.6) is 0 Å². The molecule has 3 aromatic carbocycles. The minimum atomic E-state index is -0.753. The number of nitrogens with one attached hydrogen (secondary N) is 2. The minimum Gasteiger partial charge on any atom is -0.454 e. The van der Waals surface area contributed by atoms with E-state index in [1.165, 1.54) is 0 Å². The lowest BCUT2D eigenvalue weighted by molar-refractivity contribution is -0.146. The third-order valence-corrected chi connectivity index (χ3v) is 4.72. The lowest BCUT2D eigenvalue weighted by Gasteiger charge is -2.11. The second-order valence-corrected chi connectivity index (χ2v) is 7.51. The zero-order valence-electron chi connectivity index (χ0n) is 18.4. The van der Waals surface area contributed by atoms with Gasteiger partial charge in [0.2, 0.25) is 0 Å². The lowest BCUT2D eigenvalue weighted by atomic mass is 10.0. The average Bonchev–Trinajstić information content (AvgIpc) is 2.81. The van der Waals surface area contributed by atoms with Crippen LogP contribution >= 0.6 is 0 Å². The predicted octanol–water partition coefficient (Wildman–Crippen LogP) is 3.45. The molecule has 0 radical (unpaired) electrons. The number of hydrogen-bond donors (Lipinski definition) is 2. The summed E-state index contributed by atoms with van der Waals surface area (Å²) in [6.07, 6.45) is 0. The maximum absolute atomic E-state index is 12.7. The van der Waals surface area contributed by atoms with Gasteiger partial charge in [0, 0.05) is 16.7 Å². The van der Waals surface area contributed by atoms with Crippen LogP contribution in [0.2, 0.25) is 0 Å². The highest BCUT2D eigenvalue weighted by atomic mass is 16.5. The van der Waals surface area contributed by atoms with E-state index in [9.17, 15) is 19.2 Å².